The molecule has 1 aromatic heterocycles. The summed E-state index contributed by atoms with van der Waals surface area (Å²) in [6, 6.07) is 0.447. The van der Waals surface area contributed by atoms with E-state index in [-0.39, 0.29) is 6.10 Å². The van der Waals surface area contributed by atoms with Gasteiger partial charge < -0.3 is 10.1 Å². The van der Waals surface area contributed by atoms with Crippen molar-refractivity contribution in [3.8, 4) is 6.01 Å². The number of ether oxygens (including phenoxy) is 1. The number of hydrogen-bond donors (Lipinski definition) is 1. The topological polar surface area (TPSA) is 52.0 Å². The number of nitrogens with one attached hydrogen (secondary N) is 1. The standard InChI is InChI=1S/C8H16N4O/c1-6(2)13-8-10-7(5-9-3)12(4)11-8/h6,9H,5H2,1-4H3. The number of hydrogen-bond acceptors (Lipinski definition) is 4. The van der Waals surface area contributed by atoms with Gasteiger partial charge in [0.2, 0.25) is 0 Å². The molecule has 0 aliphatic heterocycles. The highest BCUT2D eigenvalue weighted by Gasteiger charge is 2.07. The molecule has 0 amide bonds. The van der Waals surface area contributed by atoms with Crippen molar-refractivity contribution in [1.82, 2.24) is 20.1 Å². The summed E-state index contributed by atoms with van der Waals surface area (Å²) in [5, 5.41) is 7.13. The zero-order valence-corrected chi connectivity index (χ0v) is 8.53. The van der Waals surface area contributed by atoms with Gasteiger partial charge in [0.1, 0.15) is 5.82 Å². The predicted octanol–water partition coefficient (Wildman–Crippen LogP) is 0.322. The van der Waals surface area contributed by atoms with Crippen molar-refractivity contribution < 1.29 is 4.74 Å². The van der Waals surface area contributed by atoms with Crippen LogP contribution in [0.1, 0.15) is 19.7 Å². The van der Waals surface area contributed by atoms with E-state index in [0.29, 0.717) is 12.6 Å². The van der Waals surface area contributed by atoms with Crippen LogP contribution in [0.25, 0.3) is 0 Å². The first-order valence-corrected chi connectivity index (χ1v) is 4.34. The van der Waals surface area contributed by atoms with Crippen molar-refractivity contribution in [2.45, 2.75) is 26.5 Å². The fourth-order valence-corrected chi connectivity index (χ4v) is 0.964. The molecule has 0 unspecified atom stereocenters. The van der Waals surface area contributed by atoms with E-state index >= 15 is 0 Å². The fourth-order valence-electron chi connectivity index (χ4n) is 0.964. The Labute approximate surface area is 78.1 Å². The van der Waals surface area contributed by atoms with Crippen molar-refractivity contribution in [2.75, 3.05) is 7.05 Å². The van der Waals surface area contributed by atoms with Crippen molar-refractivity contribution in [3.05, 3.63) is 5.82 Å². The van der Waals surface area contributed by atoms with Crippen molar-refractivity contribution in [1.29, 1.82) is 0 Å². The molecular weight excluding hydrogens is 168 g/mol. The second kappa shape index (κ2) is 4.23. The van der Waals surface area contributed by atoms with Crippen LogP contribution in [0.5, 0.6) is 6.01 Å². The third kappa shape index (κ3) is 2.69. The summed E-state index contributed by atoms with van der Waals surface area (Å²) in [5.41, 5.74) is 0. The predicted molar refractivity (Wildman–Crippen MR) is 49.5 cm³/mol. The summed E-state index contributed by atoms with van der Waals surface area (Å²) in [4.78, 5) is 4.21. The molecule has 0 radical (unpaired) electrons. The molecule has 5 nitrogen and oxygen atoms in total. The maximum Gasteiger partial charge on any atom is 0.335 e. The third-order valence-corrected chi connectivity index (χ3v) is 1.51. The first-order valence-electron chi connectivity index (χ1n) is 4.34. The Balaban J connectivity index is 2.70. The molecule has 1 N–H and O–H groups in total. The van der Waals surface area contributed by atoms with Gasteiger partial charge in [0.25, 0.3) is 0 Å². The molecule has 0 aromatic carbocycles. The molecule has 0 bridgehead atoms. The summed E-state index contributed by atoms with van der Waals surface area (Å²) in [6.07, 6.45) is 0.116. The Morgan fingerprint density at radius 3 is 2.77 bits per heavy atom. The van der Waals surface area contributed by atoms with Crippen molar-refractivity contribution in [2.24, 2.45) is 7.05 Å². The second-order valence-electron chi connectivity index (χ2n) is 3.13. The monoisotopic (exact) mass is 184 g/mol. The van der Waals surface area contributed by atoms with E-state index in [1.807, 2.05) is 27.9 Å². The molecule has 0 fully saturated rings. The molecule has 0 saturated heterocycles. The highest BCUT2D eigenvalue weighted by molar-refractivity contribution is 4.97. The first-order chi connectivity index (χ1) is 6.13. The second-order valence-corrected chi connectivity index (χ2v) is 3.13. The zero-order chi connectivity index (χ0) is 9.84. The van der Waals surface area contributed by atoms with Crippen LogP contribution in [0.2, 0.25) is 0 Å². The van der Waals surface area contributed by atoms with Crippen LogP contribution in [-0.4, -0.2) is 27.9 Å². The summed E-state index contributed by atoms with van der Waals surface area (Å²) in [5.74, 6) is 0.873. The maximum atomic E-state index is 5.35. The number of aryl methyl sites for hydroxylation is 1. The molecule has 1 rings (SSSR count). The SMILES string of the molecule is CNCc1nc(OC(C)C)nn1C. The van der Waals surface area contributed by atoms with Crippen LogP contribution in [0.15, 0.2) is 0 Å². The quantitative estimate of drug-likeness (QED) is 0.732. The van der Waals surface area contributed by atoms with Gasteiger partial charge in [0.05, 0.1) is 12.6 Å². The number of rotatable bonds is 4. The van der Waals surface area contributed by atoms with Crippen LogP contribution in [0, 0.1) is 0 Å². The van der Waals surface area contributed by atoms with Crippen LogP contribution in [0.3, 0.4) is 0 Å². The highest BCUT2D eigenvalue weighted by atomic mass is 16.5. The molecule has 0 saturated carbocycles. The van der Waals surface area contributed by atoms with Crippen LogP contribution in [-0.2, 0) is 13.6 Å². The lowest BCUT2D eigenvalue weighted by Crippen LogP contribution is -2.10. The van der Waals surface area contributed by atoms with Crippen LogP contribution in [0.4, 0.5) is 0 Å². The molecule has 74 valence electrons. The van der Waals surface area contributed by atoms with Crippen molar-refractivity contribution in [3.63, 3.8) is 0 Å². The largest absolute Gasteiger partial charge is 0.460 e. The van der Waals surface area contributed by atoms with E-state index in [4.69, 9.17) is 4.74 Å². The van der Waals surface area contributed by atoms with Crippen molar-refractivity contribution >= 4 is 0 Å². The molecule has 5 heteroatoms. The van der Waals surface area contributed by atoms with E-state index in [1.165, 1.54) is 0 Å². The Morgan fingerprint density at radius 1 is 1.54 bits per heavy atom. The highest BCUT2D eigenvalue weighted by Crippen LogP contribution is 2.06. The minimum atomic E-state index is 0.116. The molecule has 1 heterocycles. The molecule has 0 aliphatic carbocycles. The van der Waals surface area contributed by atoms with E-state index < -0.39 is 0 Å². The van der Waals surface area contributed by atoms with Crippen LogP contribution < -0.4 is 10.1 Å². The summed E-state index contributed by atoms with van der Waals surface area (Å²) >= 11 is 0. The van der Waals surface area contributed by atoms with Gasteiger partial charge in [-0.25, -0.2) is 4.68 Å². The average Bonchev–Trinajstić information content (AvgIpc) is 2.31. The molecule has 13 heavy (non-hydrogen) atoms. The molecule has 0 aliphatic rings. The van der Waals surface area contributed by atoms with Gasteiger partial charge in [0.15, 0.2) is 0 Å². The van der Waals surface area contributed by atoms with Gasteiger partial charge in [-0.05, 0) is 20.9 Å². The van der Waals surface area contributed by atoms with Gasteiger partial charge in [-0.3, -0.25) is 0 Å². The minimum absolute atomic E-state index is 0.116. The molecule has 1 aromatic rings. The molecule has 0 atom stereocenters. The van der Waals surface area contributed by atoms with Gasteiger partial charge in [0, 0.05) is 7.05 Å². The molecular formula is C8H16N4O. The zero-order valence-electron chi connectivity index (χ0n) is 8.53. The van der Waals surface area contributed by atoms with Crippen LogP contribution >= 0.6 is 0 Å². The fraction of sp³-hybridized carbons (Fsp3) is 0.750. The van der Waals surface area contributed by atoms with Gasteiger partial charge in [-0.1, -0.05) is 0 Å². The van der Waals surface area contributed by atoms with E-state index in [1.54, 1.807) is 4.68 Å². The lowest BCUT2D eigenvalue weighted by atomic mass is 10.5. The average molecular weight is 184 g/mol. The lowest BCUT2D eigenvalue weighted by molar-refractivity contribution is 0.221. The smallest absolute Gasteiger partial charge is 0.335 e. The first kappa shape index (κ1) is 9.98. The Hall–Kier alpha value is -1.10. The summed E-state index contributed by atoms with van der Waals surface area (Å²) < 4.78 is 7.07. The van der Waals surface area contributed by atoms with Gasteiger partial charge in [-0.2, -0.15) is 4.98 Å². The Bertz CT molecular complexity index is 269. The van der Waals surface area contributed by atoms with Gasteiger partial charge in [-0.15, -0.1) is 5.10 Å². The van der Waals surface area contributed by atoms with E-state index in [0.717, 1.165) is 5.82 Å². The summed E-state index contributed by atoms with van der Waals surface area (Å²) in [7, 11) is 3.73. The van der Waals surface area contributed by atoms with E-state index in [2.05, 4.69) is 15.4 Å². The minimum Gasteiger partial charge on any atom is -0.460 e. The number of nitrogens with zero attached hydrogens (tertiary/aromatic N) is 3. The van der Waals surface area contributed by atoms with Gasteiger partial charge >= 0.3 is 6.01 Å². The number of aromatic nitrogens is 3. The Kier molecular flexibility index (Phi) is 3.25. The normalized spacial score (nSPS) is 10.8. The Morgan fingerprint density at radius 2 is 2.23 bits per heavy atom. The van der Waals surface area contributed by atoms with E-state index in [9.17, 15) is 0 Å². The molecule has 0 spiro atoms. The maximum absolute atomic E-state index is 5.35. The summed E-state index contributed by atoms with van der Waals surface area (Å²) in [6.45, 7) is 4.60. The lowest BCUT2D eigenvalue weighted by Gasteiger charge is -2.02. The third-order valence-electron chi connectivity index (χ3n) is 1.51.